The number of rotatable bonds is 8. The average Bonchev–Trinajstić information content (AvgIpc) is 2.59. The standard InChI is InChI=1S/C18H17IN2O7/c1-3-5-28-14-9(19)6-8(7-10(14)27-4-2)11-12(17(23)24)15(20)21-16(22)13(11)18(25)26/h3,6-7H,1,4-5H2,2H3,(H,23,24)(H,25,26)(H3,20,21,22). The summed E-state index contributed by atoms with van der Waals surface area (Å²) in [4.78, 5) is 37.7. The number of aromatic nitrogens is 1. The zero-order chi connectivity index (χ0) is 21.0. The van der Waals surface area contributed by atoms with E-state index in [1.54, 1.807) is 13.0 Å². The number of aromatic amines is 1. The van der Waals surface area contributed by atoms with Crippen molar-refractivity contribution in [2.75, 3.05) is 18.9 Å². The molecule has 0 fully saturated rings. The molecule has 1 aromatic carbocycles. The Kier molecular flexibility index (Phi) is 6.67. The molecule has 0 unspecified atom stereocenters. The molecule has 5 N–H and O–H groups in total. The van der Waals surface area contributed by atoms with E-state index in [1.165, 1.54) is 12.1 Å². The largest absolute Gasteiger partial charge is 0.490 e. The van der Waals surface area contributed by atoms with Crippen molar-refractivity contribution in [3.63, 3.8) is 0 Å². The first-order valence-corrected chi connectivity index (χ1v) is 9.03. The second-order valence-corrected chi connectivity index (χ2v) is 6.58. The van der Waals surface area contributed by atoms with E-state index in [-0.39, 0.29) is 30.1 Å². The molecule has 2 aromatic rings. The number of pyridine rings is 1. The van der Waals surface area contributed by atoms with Crippen molar-refractivity contribution in [3.05, 3.63) is 49.8 Å². The molecule has 2 rings (SSSR count). The molecule has 0 saturated carbocycles. The highest BCUT2D eigenvalue weighted by molar-refractivity contribution is 14.1. The molecule has 0 spiro atoms. The highest BCUT2D eigenvalue weighted by Crippen LogP contribution is 2.39. The van der Waals surface area contributed by atoms with Crippen LogP contribution in [0.2, 0.25) is 0 Å². The number of anilines is 1. The lowest BCUT2D eigenvalue weighted by atomic mass is 9.95. The van der Waals surface area contributed by atoms with Crippen LogP contribution in [-0.4, -0.2) is 40.3 Å². The van der Waals surface area contributed by atoms with Crippen LogP contribution >= 0.6 is 22.6 Å². The summed E-state index contributed by atoms with van der Waals surface area (Å²) in [5.41, 5.74) is 3.24. The summed E-state index contributed by atoms with van der Waals surface area (Å²) < 4.78 is 11.7. The summed E-state index contributed by atoms with van der Waals surface area (Å²) in [6.07, 6.45) is 1.54. The molecule has 0 aliphatic heterocycles. The van der Waals surface area contributed by atoms with Gasteiger partial charge in [-0.25, -0.2) is 9.59 Å². The number of hydrogen-bond acceptors (Lipinski definition) is 6. The Labute approximate surface area is 172 Å². The molecule has 28 heavy (non-hydrogen) atoms. The third kappa shape index (κ3) is 4.11. The molecule has 1 heterocycles. The Morgan fingerprint density at radius 3 is 2.43 bits per heavy atom. The number of carboxylic acids is 2. The van der Waals surface area contributed by atoms with E-state index in [2.05, 4.69) is 11.6 Å². The van der Waals surface area contributed by atoms with Crippen LogP contribution in [-0.2, 0) is 0 Å². The molecule has 0 bridgehead atoms. The lowest BCUT2D eigenvalue weighted by Gasteiger charge is -2.17. The number of carboxylic acid groups (broad SMARTS) is 2. The summed E-state index contributed by atoms with van der Waals surface area (Å²) in [7, 11) is 0. The second kappa shape index (κ2) is 8.78. The fourth-order valence-corrected chi connectivity index (χ4v) is 3.35. The van der Waals surface area contributed by atoms with Crippen LogP contribution in [0.1, 0.15) is 27.6 Å². The minimum atomic E-state index is -1.58. The van der Waals surface area contributed by atoms with Gasteiger partial charge in [0.2, 0.25) is 0 Å². The zero-order valence-electron chi connectivity index (χ0n) is 14.7. The fraction of sp³-hybridized carbons (Fsp3) is 0.167. The normalized spacial score (nSPS) is 10.4. The van der Waals surface area contributed by atoms with Crippen LogP contribution in [0.5, 0.6) is 11.5 Å². The molecular formula is C18H17IN2O7. The Bertz CT molecular complexity index is 1010. The number of ether oxygens (including phenoxy) is 2. The Morgan fingerprint density at radius 1 is 1.25 bits per heavy atom. The molecule has 0 atom stereocenters. The van der Waals surface area contributed by atoms with Crippen molar-refractivity contribution in [1.82, 2.24) is 4.98 Å². The smallest absolute Gasteiger partial charge is 0.342 e. The number of hydrogen-bond donors (Lipinski definition) is 4. The highest BCUT2D eigenvalue weighted by Gasteiger charge is 2.28. The number of nitrogen functional groups attached to an aromatic ring is 1. The van der Waals surface area contributed by atoms with E-state index in [0.717, 1.165) is 0 Å². The maximum Gasteiger partial charge on any atom is 0.342 e. The van der Waals surface area contributed by atoms with Gasteiger partial charge in [0.25, 0.3) is 5.56 Å². The van der Waals surface area contributed by atoms with E-state index in [9.17, 15) is 24.6 Å². The molecule has 10 heteroatoms. The van der Waals surface area contributed by atoms with Gasteiger partial charge in [-0.05, 0) is 47.2 Å². The van der Waals surface area contributed by atoms with Crippen molar-refractivity contribution >= 4 is 40.3 Å². The molecule has 0 aliphatic rings. The molecule has 0 amide bonds. The summed E-state index contributed by atoms with van der Waals surface area (Å²) in [5.74, 6) is -2.86. The van der Waals surface area contributed by atoms with Crippen molar-refractivity contribution in [2.45, 2.75) is 6.92 Å². The molecule has 1 aromatic heterocycles. The van der Waals surface area contributed by atoms with Crippen molar-refractivity contribution in [2.24, 2.45) is 0 Å². The Morgan fingerprint density at radius 2 is 1.89 bits per heavy atom. The second-order valence-electron chi connectivity index (χ2n) is 5.42. The summed E-state index contributed by atoms with van der Waals surface area (Å²) in [6, 6.07) is 2.91. The predicted molar refractivity (Wildman–Crippen MR) is 110 cm³/mol. The van der Waals surface area contributed by atoms with Gasteiger partial charge in [-0.15, -0.1) is 0 Å². The summed E-state index contributed by atoms with van der Waals surface area (Å²) >= 11 is 1.94. The molecule has 0 radical (unpaired) electrons. The van der Waals surface area contributed by atoms with Gasteiger partial charge in [0, 0.05) is 5.56 Å². The zero-order valence-corrected chi connectivity index (χ0v) is 16.9. The average molecular weight is 500 g/mol. The van der Waals surface area contributed by atoms with Gasteiger partial charge in [-0.1, -0.05) is 12.7 Å². The van der Waals surface area contributed by atoms with Gasteiger partial charge in [0.05, 0.1) is 10.2 Å². The van der Waals surface area contributed by atoms with Gasteiger partial charge >= 0.3 is 11.9 Å². The maximum absolute atomic E-state index is 12.2. The molecule has 0 aliphatic carbocycles. The summed E-state index contributed by atoms with van der Waals surface area (Å²) in [5, 5.41) is 19.0. The first-order chi connectivity index (χ1) is 13.2. The molecular weight excluding hydrogens is 483 g/mol. The van der Waals surface area contributed by atoms with E-state index < -0.39 is 34.4 Å². The lowest BCUT2D eigenvalue weighted by molar-refractivity contribution is 0.0695. The molecule has 0 saturated heterocycles. The van der Waals surface area contributed by atoms with Crippen molar-refractivity contribution in [1.29, 1.82) is 0 Å². The number of nitrogens with one attached hydrogen (secondary N) is 1. The summed E-state index contributed by atoms with van der Waals surface area (Å²) in [6.45, 7) is 5.80. The number of nitrogens with two attached hydrogens (primary N) is 1. The predicted octanol–water partition coefficient (Wildman–Crippen LogP) is 2.59. The Hall–Kier alpha value is -3.02. The van der Waals surface area contributed by atoms with Crippen molar-refractivity contribution < 1.29 is 29.3 Å². The third-order valence-electron chi connectivity index (χ3n) is 3.62. The lowest BCUT2D eigenvalue weighted by Crippen LogP contribution is -2.24. The van der Waals surface area contributed by atoms with Crippen LogP contribution in [0.4, 0.5) is 5.82 Å². The quantitative estimate of drug-likeness (QED) is 0.319. The SMILES string of the molecule is C=CCOc1c(I)cc(-c2c(C(=O)O)c(N)[nH]c(=O)c2C(=O)O)cc1OCC. The number of benzene rings is 1. The van der Waals surface area contributed by atoms with Gasteiger partial charge < -0.3 is 30.4 Å². The topological polar surface area (TPSA) is 152 Å². The monoisotopic (exact) mass is 500 g/mol. The first kappa shape index (κ1) is 21.3. The number of carbonyl (C=O) groups is 2. The van der Waals surface area contributed by atoms with Gasteiger partial charge in [0.1, 0.15) is 23.6 Å². The van der Waals surface area contributed by atoms with Gasteiger partial charge in [-0.3, -0.25) is 4.79 Å². The van der Waals surface area contributed by atoms with Gasteiger partial charge in [-0.2, -0.15) is 0 Å². The molecule has 9 nitrogen and oxygen atoms in total. The highest BCUT2D eigenvalue weighted by atomic mass is 127. The fourth-order valence-electron chi connectivity index (χ4n) is 2.59. The van der Waals surface area contributed by atoms with E-state index in [1.807, 2.05) is 22.6 Å². The van der Waals surface area contributed by atoms with Gasteiger partial charge in [0.15, 0.2) is 11.5 Å². The Balaban J connectivity index is 2.90. The van der Waals surface area contributed by atoms with E-state index in [0.29, 0.717) is 9.32 Å². The minimum absolute atomic E-state index is 0.145. The number of H-pyrrole nitrogens is 1. The van der Waals surface area contributed by atoms with E-state index in [4.69, 9.17) is 15.2 Å². The minimum Gasteiger partial charge on any atom is -0.490 e. The first-order valence-electron chi connectivity index (χ1n) is 7.95. The number of aromatic carboxylic acids is 2. The maximum atomic E-state index is 12.2. The van der Waals surface area contributed by atoms with Crippen molar-refractivity contribution in [3.8, 4) is 22.6 Å². The molecule has 148 valence electrons. The van der Waals surface area contributed by atoms with Crippen LogP contribution < -0.4 is 20.8 Å². The van der Waals surface area contributed by atoms with Crippen LogP contribution in [0.25, 0.3) is 11.1 Å². The number of halogens is 1. The third-order valence-corrected chi connectivity index (χ3v) is 4.42. The van der Waals surface area contributed by atoms with Crippen LogP contribution in [0.15, 0.2) is 29.6 Å². The van der Waals surface area contributed by atoms with E-state index >= 15 is 0 Å². The van der Waals surface area contributed by atoms with Crippen LogP contribution in [0, 0.1) is 3.57 Å². The van der Waals surface area contributed by atoms with Crippen LogP contribution in [0.3, 0.4) is 0 Å².